The Hall–Kier alpha value is -1.92. The van der Waals surface area contributed by atoms with Gasteiger partial charge in [-0.3, -0.25) is 4.72 Å². The van der Waals surface area contributed by atoms with E-state index in [2.05, 4.69) is 17.0 Å². The zero-order chi connectivity index (χ0) is 16.9. The van der Waals surface area contributed by atoms with Gasteiger partial charge in [0.1, 0.15) is 5.75 Å². The fourth-order valence-corrected chi connectivity index (χ4v) is 3.36. The van der Waals surface area contributed by atoms with Crippen LogP contribution in [-0.4, -0.2) is 22.1 Å². The van der Waals surface area contributed by atoms with Crippen LogP contribution in [0, 0.1) is 0 Å². The number of halogens is 1. The predicted molar refractivity (Wildman–Crippen MR) is 94.0 cm³/mol. The minimum atomic E-state index is -3.70. The van der Waals surface area contributed by atoms with Gasteiger partial charge in [-0.25, -0.2) is 8.42 Å². The smallest absolute Gasteiger partial charge is 0.261 e. The van der Waals surface area contributed by atoms with Gasteiger partial charge in [-0.2, -0.15) is 0 Å². The summed E-state index contributed by atoms with van der Waals surface area (Å²) < 4.78 is 32.3. The van der Waals surface area contributed by atoms with E-state index in [1.165, 1.54) is 25.3 Å². The van der Waals surface area contributed by atoms with Crippen molar-refractivity contribution in [3.8, 4) is 5.75 Å². The predicted octanol–water partition coefficient (Wildman–Crippen LogP) is 3.97. The largest absolute Gasteiger partial charge is 0.495 e. The first-order chi connectivity index (χ1) is 11.0. The zero-order valence-electron chi connectivity index (χ0n) is 13.0. The van der Waals surface area contributed by atoms with E-state index in [0.29, 0.717) is 11.4 Å². The summed E-state index contributed by atoms with van der Waals surface area (Å²) in [5.74, 6) is 0.428. The summed E-state index contributed by atoms with van der Waals surface area (Å²) in [4.78, 5) is 0.0801. The van der Waals surface area contributed by atoms with Crippen LogP contribution in [0.4, 0.5) is 11.4 Å². The van der Waals surface area contributed by atoms with E-state index in [4.69, 9.17) is 16.3 Å². The molecule has 23 heavy (non-hydrogen) atoms. The maximum Gasteiger partial charge on any atom is 0.261 e. The Morgan fingerprint density at radius 3 is 2.30 bits per heavy atom. The summed E-state index contributed by atoms with van der Waals surface area (Å²) in [5.41, 5.74) is 1.43. The second-order valence-corrected chi connectivity index (χ2v) is 7.00. The van der Waals surface area contributed by atoms with Gasteiger partial charge in [0.25, 0.3) is 10.0 Å². The molecular formula is C16H19ClN2O3S. The van der Waals surface area contributed by atoms with Gasteiger partial charge in [-0.15, -0.1) is 0 Å². The first-order valence-corrected chi connectivity index (χ1v) is 9.02. The highest BCUT2D eigenvalue weighted by Crippen LogP contribution is 2.28. The number of nitrogens with one attached hydrogen (secondary N) is 2. The van der Waals surface area contributed by atoms with Crippen LogP contribution >= 0.6 is 11.6 Å². The minimum Gasteiger partial charge on any atom is -0.495 e. The maximum atomic E-state index is 12.4. The van der Waals surface area contributed by atoms with Crippen LogP contribution in [0.3, 0.4) is 0 Å². The van der Waals surface area contributed by atoms with Gasteiger partial charge in [0.05, 0.1) is 17.0 Å². The molecule has 0 bridgehead atoms. The molecule has 7 heteroatoms. The number of benzene rings is 2. The van der Waals surface area contributed by atoms with Crippen molar-refractivity contribution in [1.29, 1.82) is 0 Å². The van der Waals surface area contributed by atoms with E-state index in [1.807, 2.05) is 12.1 Å². The second kappa shape index (κ2) is 7.57. The Morgan fingerprint density at radius 1 is 1.09 bits per heavy atom. The summed E-state index contributed by atoms with van der Waals surface area (Å²) in [6.45, 7) is 2.95. The molecule has 5 nitrogen and oxygen atoms in total. The van der Waals surface area contributed by atoms with Gasteiger partial charge in [0.15, 0.2) is 0 Å². The van der Waals surface area contributed by atoms with Crippen LogP contribution in [0.2, 0.25) is 5.02 Å². The second-order valence-electron chi connectivity index (χ2n) is 4.91. The molecule has 0 saturated heterocycles. The Labute approximate surface area is 141 Å². The molecule has 2 rings (SSSR count). The number of rotatable bonds is 7. The molecule has 0 fully saturated rings. The normalized spacial score (nSPS) is 11.1. The number of hydrogen-bond donors (Lipinski definition) is 2. The van der Waals surface area contributed by atoms with Crippen molar-refractivity contribution < 1.29 is 13.2 Å². The Balaban J connectivity index is 2.16. The highest BCUT2D eigenvalue weighted by atomic mass is 35.5. The van der Waals surface area contributed by atoms with Gasteiger partial charge in [-0.05, 0) is 48.9 Å². The molecule has 0 unspecified atom stereocenters. The van der Waals surface area contributed by atoms with Gasteiger partial charge < -0.3 is 10.1 Å². The van der Waals surface area contributed by atoms with Crippen molar-refractivity contribution in [2.45, 2.75) is 18.2 Å². The van der Waals surface area contributed by atoms with Crippen LogP contribution in [0.25, 0.3) is 0 Å². The van der Waals surface area contributed by atoms with E-state index in [1.54, 1.807) is 12.1 Å². The summed E-state index contributed by atoms with van der Waals surface area (Å²) in [6.07, 6.45) is 1.02. The fourth-order valence-electron chi connectivity index (χ4n) is 1.95. The van der Waals surface area contributed by atoms with E-state index in [9.17, 15) is 8.42 Å². The van der Waals surface area contributed by atoms with Crippen molar-refractivity contribution in [3.63, 3.8) is 0 Å². The third-order valence-corrected chi connectivity index (χ3v) is 4.82. The first kappa shape index (κ1) is 17.4. The molecule has 0 aliphatic rings. The fraction of sp³-hybridized carbons (Fsp3) is 0.250. The molecule has 0 aliphatic carbocycles. The third-order valence-electron chi connectivity index (χ3n) is 3.15. The zero-order valence-corrected chi connectivity index (χ0v) is 14.5. The lowest BCUT2D eigenvalue weighted by molar-refractivity contribution is 0.414. The van der Waals surface area contributed by atoms with Crippen LogP contribution in [0.1, 0.15) is 13.3 Å². The quantitative estimate of drug-likeness (QED) is 0.789. The lowest BCUT2D eigenvalue weighted by Crippen LogP contribution is -2.13. The lowest BCUT2D eigenvalue weighted by Gasteiger charge is -2.11. The molecule has 0 aromatic heterocycles. The molecule has 0 radical (unpaired) electrons. The van der Waals surface area contributed by atoms with Crippen molar-refractivity contribution in [1.82, 2.24) is 0 Å². The Kier molecular flexibility index (Phi) is 5.74. The molecule has 0 heterocycles. The van der Waals surface area contributed by atoms with Gasteiger partial charge in [0.2, 0.25) is 0 Å². The molecule has 2 aromatic rings. The molecule has 0 aliphatic heterocycles. The SMILES string of the molecule is CCCNc1ccc(NS(=O)(=O)c2ccc(OC)c(Cl)c2)cc1. The maximum absolute atomic E-state index is 12.4. The molecule has 0 spiro atoms. The average molecular weight is 355 g/mol. The Bertz CT molecular complexity index is 761. The average Bonchev–Trinajstić information content (AvgIpc) is 2.54. The highest BCUT2D eigenvalue weighted by Gasteiger charge is 2.16. The van der Waals surface area contributed by atoms with Crippen LogP contribution in [0.5, 0.6) is 5.75 Å². The van der Waals surface area contributed by atoms with Crippen LogP contribution < -0.4 is 14.8 Å². The minimum absolute atomic E-state index is 0.0801. The molecule has 0 amide bonds. The molecular weight excluding hydrogens is 336 g/mol. The number of methoxy groups -OCH3 is 1. The summed E-state index contributed by atoms with van der Waals surface area (Å²) in [6, 6.07) is 11.4. The monoisotopic (exact) mass is 354 g/mol. The number of anilines is 2. The highest BCUT2D eigenvalue weighted by molar-refractivity contribution is 7.92. The van der Waals surface area contributed by atoms with Gasteiger partial charge in [-0.1, -0.05) is 18.5 Å². The van der Waals surface area contributed by atoms with Crippen LogP contribution in [0.15, 0.2) is 47.4 Å². The standard InChI is InChI=1S/C16H19ClN2O3S/c1-3-10-18-12-4-6-13(7-5-12)19-23(20,21)14-8-9-16(22-2)15(17)11-14/h4-9,11,18-19H,3,10H2,1-2H3. The number of ether oxygens (including phenoxy) is 1. The summed E-state index contributed by atoms with van der Waals surface area (Å²) in [5, 5.41) is 3.47. The van der Waals surface area contributed by atoms with E-state index in [0.717, 1.165) is 18.7 Å². The van der Waals surface area contributed by atoms with Gasteiger partial charge in [0, 0.05) is 17.9 Å². The van der Waals surface area contributed by atoms with E-state index >= 15 is 0 Å². The lowest BCUT2D eigenvalue weighted by atomic mass is 10.3. The van der Waals surface area contributed by atoms with E-state index in [-0.39, 0.29) is 9.92 Å². The topological polar surface area (TPSA) is 67.4 Å². The molecule has 2 N–H and O–H groups in total. The van der Waals surface area contributed by atoms with Gasteiger partial charge >= 0.3 is 0 Å². The van der Waals surface area contributed by atoms with Crippen LogP contribution in [-0.2, 0) is 10.0 Å². The molecule has 124 valence electrons. The molecule has 2 aromatic carbocycles. The third kappa shape index (κ3) is 4.53. The number of sulfonamides is 1. The summed E-state index contributed by atoms with van der Waals surface area (Å²) in [7, 11) is -2.23. The summed E-state index contributed by atoms with van der Waals surface area (Å²) >= 11 is 5.98. The van der Waals surface area contributed by atoms with Crippen molar-refractivity contribution in [2.24, 2.45) is 0 Å². The van der Waals surface area contributed by atoms with Crippen molar-refractivity contribution in [2.75, 3.05) is 23.7 Å². The van der Waals surface area contributed by atoms with E-state index < -0.39 is 10.0 Å². The molecule has 0 atom stereocenters. The van der Waals surface area contributed by atoms with Crippen molar-refractivity contribution in [3.05, 3.63) is 47.5 Å². The number of hydrogen-bond acceptors (Lipinski definition) is 4. The Morgan fingerprint density at radius 2 is 1.74 bits per heavy atom. The van der Waals surface area contributed by atoms with Crippen molar-refractivity contribution >= 4 is 33.0 Å². The first-order valence-electron chi connectivity index (χ1n) is 7.16. The molecule has 0 saturated carbocycles.